The molecule has 0 fully saturated rings. The Morgan fingerprint density at radius 1 is 1.00 bits per heavy atom. The van der Waals surface area contributed by atoms with Crippen molar-refractivity contribution in [3.63, 3.8) is 0 Å². The third kappa shape index (κ3) is 4.67. The number of benzene rings is 2. The Morgan fingerprint density at radius 2 is 1.64 bits per heavy atom. The fraction of sp³-hybridized carbons (Fsp3) is 0.316. The number of carbonyl (C=O) groups is 1. The van der Waals surface area contributed by atoms with Crippen LogP contribution in [0.2, 0.25) is 0 Å². The van der Waals surface area contributed by atoms with Gasteiger partial charge in [-0.05, 0) is 42.2 Å². The lowest BCUT2D eigenvalue weighted by Crippen LogP contribution is -2.35. The second-order valence-corrected chi connectivity index (χ2v) is 7.86. The first kappa shape index (κ1) is 19.1. The van der Waals surface area contributed by atoms with Crippen LogP contribution in [0.1, 0.15) is 25.0 Å². The summed E-state index contributed by atoms with van der Waals surface area (Å²) in [5.74, 6) is -0.364. The maximum atomic E-state index is 12.6. The molecule has 0 aromatic heterocycles. The molecule has 0 aliphatic carbocycles. The Labute approximate surface area is 149 Å². The summed E-state index contributed by atoms with van der Waals surface area (Å²) in [6.45, 7) is 3.77. The first-order valence-corrected chi connectivity index (χ1v) is 9.75. The highest BCUT2D eigenvalue weighted by Gasteiger charge is 2.23. The highest BCUT2D eigenvalue weighted by Crippen LogP contribution is 2.17. The molecule has 0 saturated heterocycles. The minimum absolute atomic E-state index is 0.189. The number of aryl methyl sites for hydroxylation is 2. The van der Waals surface area contributed by atoms with Crippen molar-refractivity contribution in [2.24, 2.45) is 0 Å². The number of hydrogen-bond acceptors (Lipinski definition) is 3. The predicted molar refractivity (Wildman–Crippen MR) is 100 cm³/mol. The summed E-state index contributed by atoms with van der Waals surface area (Å²) in [6.07, 6.45) is 1.63. The number of carbonyl (C=O) groups excluding carboxylic acids is 1. The second kappa shape index (κ2) is 8.27. The second-order valence-electron chi connectivity index (χ2n) is 5.82. The number of hydrogen-bond donors (Lipinski definition) is 1. The van der Waals surface area contributed by atoms with Crippen molar-refractivity contribution >= 4 is 21.6 Å². The van der Waals surface area contributed by atoms with Crippen molar-refractivity contribution in [2.75, 3.05) is 18.9 Å². The highest BCUT2D eigenvalue weighted by molar-refractivity contribution is 7.89. The van der Waals surface area contributed by atoms with Crippen LogP contribution in [-0.4, -0.2) is 32.2 Å². The number of nitrogens with zero attached hydrogens (tertiary/aromatic N) is 1. The highest BCUT2D eigenvalue weighted by atomic mass is 32.2. The quantitative estimate of drug-likeness (QED) is 0.825. The molecular formula is C19H24N2O3S. The molecular weight excluding hydrogens is 336 g/mol. The molecule has 0 aliphatic rings. The van der Waals surface area contributed by atoms with Gasteiger partial charge in [-0.25, -0.2) is 8.42 Å². The number of rotatable bonds is 7. The Morgan fingerprint density at radius 3 is 2.24 bits per heavy atom. The fourth-order valence-electron chi connectivity index (χ4n) is 2.50. The van der Waals surface area contributed by atoms with Crippen molar-refractivity contribution in [2.45, 2.75) is 31.6 Å². The molecule has 5 nitrogen and oxygen atoms in total. The van der Waals surface area contributed by atoms with Crippen molar-refractivity contribution in [1.29, 1.82) is 0 Å². The van der Waals surface area contributed by atoms with Gasteiger partial charge in [0.05, 0.1) is 11.4 Å². The molecule has 1 amide bonds. The zero-order valence-electron chi connectivity index (χ0n) is 14.8. The summed E-state index contributed by atoms with van der Waals surface area (Å²) in [5, 5.41) is 2.79. The Bertz CT molecular complexity index is 830. The SMILES string of the molecule is CCc1ccc(S(=O)(=O)N(C)CC(=O)Nc2ccccc2CC)cc1. The number of likely N-dealkylation sites (N-methyl/N-ethyl adjacent to an activating group) is 1. The largest absolute Gasteiger partial charge is 0.325 e. The van der Waals surface area contributed by atoms with Crippen LogP contribution in [0.15, 0.2) is 53.4 Å². The van der Waals surface area contributed by atoms with Crippen LogP contribution >= 0.6 is 0 Å². The molecule has 0 heterocycles. The minimum atomic E-state index is -3.69. The van der Waals surface area contributed by atoms with Crippen LogP contribution < -0.4 is 5.32 Å². The lowest BCUT2D eigenvalue weighted by molar-refractivity contribution is -0.116. The van der Waals surface area contributed by atoms with Gasteiger partial charge in [-0.2, -0.15) is 4.31 Å². The Kier molecular flexibility index (Phi) is 6.33. The molecule has 134 valence electrons. The lowest BCUT2D eigenvalue weighted by Gasteiger charge is -2.18. The summed E-state index contributed by atoms with van der Waals surface area (Å²) >= 11 is 0. The van der Waals surface area contributed by atoms with E-state index in [4.69, 9.17) is 0 Å². The van der Waals surface area contributed by atoms with Crippen molar-refractivity contribution in [3.8, 4) is 0 Å². The summed E-state index contributed by atoms with van der Waals surface area (Å²) in [6, 6.07) is 14.2. The average Bonchev–Trinajstić information content (AvgIpc) is 2.62. The molecule has 0 aliphatic heterocycles. The van der Waals surface area contributed by atoms with E-state index in [1.807, 2.05) is 38.1 Å². The maximum absolute atomic E-state index is 12.6. The molecule has 0 unspecified atom stereocenters. The van der Waals surface area contributed by atoms with Gasteiger partial charge in [0.2, 0.25) is 15.9 Å². The molecule has 0 atom stereocenters. The normalized spacial score (nSPS) is 11.5. The molecule has 2 aromatic carbocycles. The number of amides is 1. The zero-order chi connectivity index (χ0) is 18.4. The van der Waals surface area contributed by atoms with E-state index in [1.54, 1.807) is 24.3 Å². The standard InChI is InChI=1S/C19H24N2O3S/c1-4-15-10-12-17(13-11-15)25(23,24)21(3)14-19(22)20-18-9-7-6-8-16(18)5-2/h6-13H,4-5,14H2,1-3H3,(H,20,22). The molecule has 2 aromatic rings. The van der Waals surface area contributed by atoms with Gasteiger partial charge in [-0.15, -0.1) is 0 Å². The summed E-state index contributed by atoms with van der Waals surface area (Å²) in [7, 11) is -2.28. The Hall–Kier alpha value is -2.18. The van der Waals surface area contributed by atoms with E-state index in [0.717, 1.165) is 28.3 Å². The van der Waals surface area contributed by atoms with E-state index in [0.29, 0.717) is 5.69 Å². The molecule has 6 heteroatoms. The number of sulfonamides is 1. The van der Waals surface area contributed by atoms with Crippen LogP contribution in [0.3, 0.4) is 0 Å². The number of para-hydroxylation sites is 1. The van der Waals surface area contributed by atoms with E-state index in [-0.39, 0.29) is 17.3 Å². The predicted octanol–water partition coefficient (Wildman–Crippen LogP) is 3.07. The molecule has 25 heavy (non-hydrogen) atoms. The molecule has 1 N–H and O–H groups in total. The van der Waals surface area contributed by atoms with E-state index in [1.165, 1.54) is 7.05 Å². The van der Waals surface area contributed by atoms with Crippen molar-refractivity contribution in [3.05, 3.63) is 59.7 Å². The Balaban J connectivity index is 2.09. The minimum Gasteiger partial charge on any atom is -0.325 e. The van der Waals surface area contributed by atoms with Gasteiger partial charge in [0.15, 0.2) is 0 Å². The summed E-state index contributed by atoms with van der Waals surface area (Å²) < 4.78 is 26.2. The smallest absolute Gasteiger partial charge is 0.243 e. The third-order valence-corrected chi connectivity index (χ3v) is 5.90. The molecule has 0 radical (unpaired) electrons. The van der Waals surface area contributed by atoms with E-state index in [2.05, 4.69) is 5.32 Å². The van der Waals surface area contributed by atoms with Gasteiger partial charge in [0.25, 0.3) is 0 Å². The molecule has 0 saturated carbocycles. The maximum Gasteiger partial charge on any atom is 0.243 e. The van der Waals surface area contributed by atoms with E-state index < -0.39 is 10.0 Å². The monoisotopic (exact) mass is 360 g/mol. The van der Waals surface area contributed by atoms with Gasteiger partial charge < -0.3 is 5.32 Å². The average molecular weight is 360 g/mol. The number of anilines is 1. The van der Waals surface area contributed by atoms with Crippen LogP contribution in [0, 0.1) is 0 Å². The first-order chi connectivity index (χ1) is 11.9. The molecule has 2 rings (SSSR count). The van der Waals surface area contributed by atoms with Crippen molar-refractivity contribution < 1.29 is 13.2 Å². The van der Waals surface area contributed by atoms with Crippen molar-refractivity contribution in [1.82, 2.24) is 4.31 Å². The van der Waals surface area contributed by atoms with Gasteiger partial charge in [-0.3, -0.25) is 4.79 Å². The summed E-state index contributed by atoms with van der Waals surface area (Å²) in [4.78, 5) is 12.4. The molecule has 0 spiro atoms. The third-order valence-electron chi connectivity index (χ3n) is 4.08. The van der Waals surface area contributed by atoms with Gasteiger partial charge >= 0.3 is 0 Å². The van der Waals surface area contributed by atoms with Gasteiger partial charge in [0, 0.05) is 12.7 Å². The molecule has 0 bridgehead atoms. The van der Waals surface area contributed by atoms with Gasteiger partial charge in [-0.1, -0.05) is 44.2 Å². The lowest BCUT2D eigenvalue weighted by atomic mass is 10.1. The topological polar surface area (TPSA) is 66.5 Å². The van der Waals surface area contributed by atoms with Crippen LogP contribution in [0.5, 0.6) is 0 Å². The van der Waals surface area contributed by atoms with E-state index in [9.17, 15) is 13.2 Å². The van der Waals surface area contributed by atoms with Gasteiger partial charge in [0.1, 0.15) is 0 Å². The number of nitrogens with one attached hydrogen (secondary N) is 1. The zero-order valence-corrected chi connectivity index (χ0v) is 15.6. The summed E-state index contributed by atoms with van der Waals surface area (Å²) in [5.41, 5.74) is 2.79. The van der Waals surface area contributed by atoms with E-state index >= 15 is 0 Å². The van der Waals surface area contributed by atoms with Crippen LogP contribution in [0.25, 0.3) is 0 Å². The fourth-order valence-corrected chi connectivity index (χ4v) is 3.63. The first-order valence-electron chi connectivity index (χ1n) is 8.31. The van der Waals surface area contributed by atoms with Crippen LogP contribution in [-0.2, 0) is 27.7 Å². The van der Waals surface area contributed by atoms with Crippen LogP contribution in [0.4, 0.5) is 5.69 Å².